The number of allylic oxidation sites excluding steroid dienone is 4. The van der Waals surface area contributed by atoms with E-state index >= 15 is 0 Å². The second kappa shape index (κ2) is 11.4. The molecule has 0 unspecified atom stereocenters. The molecule has 1 aliphatic carbocycles. The highest BCUT2D eigenvalue weighted by Gasteiger charge is 2.35. The Morgan fingerprint density at radius 1 is 0.571 bits per heavy atom. The quantitative estimate of drug-likeness (QED) is 0.224. The Balaban J connectivity index is 1.59. The van der Waals surface area contributed by atoms with Crippen LogP contribution in [0.15, 0.2) is 43.7 Å². The lowest BCUT2D eigenvalue weighted by atomic mass is 9.83. The Morgan fingerprint density at radius 2 is 0.905 bits per heavy atom. The molecule has 0 fully saturated rings. The van der Waals surface area contributed by atoms with Crippen LogP contribution >= 0.6 is 0 Å². The minimum atomic E-state index is -2.64. The normalized spacial score (nSPS) is 18.4. The third-order valence-electron chi connectivity index (χ3n) is 9.32. The standard InChI is InChI=1S/C32H38B2F4N4/c1-9-21-19(7)41(33(35)36)31(23(21)11-3)15-29-27-13-26-18(6)40-30(28(26)14-25(27)17(5)39-29)16-32-24(12-4)22(10-2)20(8)42(32)34(37)38/h15-16H,9-14H2,1-8H3/b29-15+,30-16+. The van der Waals surface area contributed by atoms with Crippen LogP contribution in [0, 0.1) is 13.8 Å². The fraction of sp³-hybridized carbons (Fsp3) is 0.438. The number of rotatable bonds is 8. The number of aromatic nitrogens is 2. The third-order valence-corrected chi connectivity index (χ3v) is 9.32. The van der Waals surface area contributed by atoms with E-state index in [9.17, 15) is 17.3 Å². The fourth-order valence-corrected chi connectivity index (χ4v) is 7.32. The topological polar surface area (TPSA) is 34.6 Å². The van der Waals surface area contributed by atoms with Gasteiger partial charge in [0.15, 0.2) is 0 Å². The van der Waals surface area contributed by atoms with Crippen molar-refractivity contribution in [1.82, 2.24) is 8.96 Å². The molecule has 0 aromatic carbocycles. The first-order chi connectivity index (χ1) is 20.0. The Morgan fingerprint density at radius 3 is 1.19 bits per heavy atom. The van der Waals surface area contributed by atoms with Gasteiger partial charge in [0.1, 0.15) is 0 Å². The van der Waals surface area contributed by atoms with Crippen molar-refractivity contribution in [3.63, 3.8) is 0 Å². The Bertz CT molecular complexity index is 1540. The summed E-state index contributed by atoms with van der Waals surface area (Å²) in [5.74, 6) is 0. The SMILES string of the molecule is CCc1c(CC)c(/C=C2/N=C(C)C3=C2CC2=C(C3)/C(=C\c3c(CC)c(CC)c(C)n3B(F)F)N=C2C)n(B(F)F)c1C. The summed E-state index contributed by atoms with van der Waals surface area (Å²) in [6.07, 6.45) is 7.53. The molecule has 0 saturated carbocycles. The van der Waals surface area contributed by atoms with Gasteiger partial charge in [-0.05, 0) is 110 Å². The van der Waals surface area contributed by atoms with Crippen molar-refractivity contribution in [1.29, 1.82) is 0 Å². The summed E-state index contributed by atoms with van der Waals surface area (Å²) in [4.78, 5) is 9.75. The van der Waals surface area contributed by atoms with E-state index < -0.39 is 14.8 Å². The molecule has 0 N–H and O–H groups in total. The van der Waals surface area contributed by atoms with Gasteiger partial charge in [0.25, 0.3) is 0 Å². The second-order valence-corrected chi connectivity index (χ2v) is 11.3. The molecule has 0 spiro atoms. The first kappa shape index (κ1) is 30.2. The van der Waals surface area contributed by atoms with Crippen LogP contribution in [0.4, 0.5) is 17.3 Å². The van der Waals surface area contributed by atoms with E-state index in [4.69, 9.17) is 9.98 Å². The summed E-state index contributed by atoms with van der Waals surface area (Å²) in [6.45, 7) is 15.5. The van der Waals surface area contributed by atoms with E-state index in [2.05, 4.69) is 0 Å². The summed E-state index contributed by atoms with van der Waals surface area (Å²) in [5, 5.41) is 0. The summed E-state index contributed by atoms with van der Waals surface area (Å²) in [5.41, 5.74) is 13.5. The van der Waals surface area contributed by atoms with Crippen LogP contribution in [0.25, 0.3) is 12.2 Å². The molecule has 42 heavy (non-hydrogen) atoms. The summed E-state index contributed by atoms with van der Waals surface area (Å²) >= 11 is 0. The Labute approximate surface area is 247 Å². The maximum Gasteiger partial charge on any atom is 0.677 e. The maximum absolute atomic E-state index is 14.3. The van der Waals surface area contributed by atoms with Gasteiger partial charge in [0.05, 0.1) is 11.4 Å². The first-order valence-electron chi connectivity index (χ1n) is 15.0. The third kappa shape index (κ3) is 4.62. The molecule has 5 rings (SSSR count). The fourth-order valence-electron chi connectivity index (χ4n) is 7.32. The Hall–Kier alpha value is -3.29. The minimum Gasteiger partial charge on any atom is -0.329 e. The van der Waals surface area contributed by atoms with Gasteiger partial charge in [0, 0.05) is 47.0 Å². The van der Waals surface area contributed by atoms with Crippen molar-refractivity contribution in [3.8, 4) is 0 Å². The van der Waals surface area contributed by atoms with Crippen LogP contribution in [0.2, 0.25) is 0 Å². The average molecular weight is 576 g/mol. The van der Waals surface area contributed by atoms with Gasteiger partial charge in [-0.1, -0.05) is 27.7 Å². The van der Waals surface area contributed by atoms with Crippen LogP contribution in [-0.4, -0.2) is 35.2 Å². The Kier molecular flexibility index (Phi) is 8.20. The van der Waals surface area contributed by atoms with Gasteiger partial charge in [-0.25, -0.2) is 0 Å². The van der Waals surface area contributed by atoms with E-state index in [1.54, 1.807) is 13.8 Å². The number of hydrogen-bond donors (Lipinski definition) is 0. The van der Waals surface area contributed by atoms with Gasteiger partial charge in [-0.15, -0.1) is 0 Å². The predicted octanol–water partition coefficient (Wildman–Crippen LogP) is 8.42. The molecule has 0 atom stereocenters. The van der Waals surface area contributed by atoms with Gasteiger partial charge in [0.2, 0.25) is 0 Å². The molecule has 0 radical (unpaired) electrons. The van der Waals surface area contributed by atoms with Crippen molar-refractivity contribution in [2.45, 2.75) is 93.9 Å². The lowest BCUT2D eigenvalue weighted by Gasteiger charge is -2.19. The molecule has 2 aromatic rings. The van der Waals surface area contributed by atoms with Crippen LogP contribution in [-0.2, 0) is 25.7 Å². The van der Waals surface area contributed by atoms with Crippen LogP contribution in [0.3, 0.4) is 0 Å². The molecule has 2 aromatic heterocycles. The minimum absolute atomic E-state index is 0.529. The summed E-state index contributed by atoms with van der Waals surface area (Å²) in [7, 11) is -5.28. The van der Waals surface area contributed by atoms with Crippen LogP contribution in [0.5, 0.6) is 0 Å². The van der Waals surface area contributed by atoms with E-state index in [-0.39, 0.29) is 0 Å². The van der Waals surface area contributed by atoms with E-state index in [0.29, 0.717) is 61.3 Å². The molecule has 0 amide bonds. The zero-order valence-electron chi connectivity index (χ0n) is 25.9. The largest absolute Gasteiger partial charge is 0.677 e. The van der Waals surface area contributed by atoms with Crippen molar-refractivity contribution in [2.24, 2.45) is 9.98 Å². The molecule has 0 bridgehead atoms. The molecule has 220 valence electrons. The highest BCUT2D eigenvalue weighted by Crippen LogP contribution is 2.46. The van der Waals surface area contributed by atoms with Crippen LogP contribution in [0.1, 0.15) is 99.4 Å². The summed E-state index contributed by atoms with van der Waals surface area (Å²) < 4.78 is 59.4. The van der Waals surface area contributed by atoms with Crippen LogP contribution < -0.4 is 0 Å². The smallest absolute Gasteiger partial charge is 0.329 e. The van der Waals surface area contributed by atoms with Gasteiger partial charge in [-0.2, -0.15) is 0 Å². The zero-order valence-corrected chi connectivity index (χ0v) is 25.9. The molecule has 3 aliphatic rings. The molecule has 4 heterocycles. The lowest BCUT2D eigenvalue weighted by molar-refractivity contribution is 0.622. The number of hydrogen-bond acceptors (Lipinski definition) is 2. The number of nitrogens with zero attached hydrogens (tertiary/aromatic N) is 4. The molecular weight excluding hydrogens is 538 g/mol. The number of halogens is 4. The van der Waals surface area contributed by atoms with Crippen molar-refractivity contribution in [2.75, 3.05) is 0 Å². The summed E-state index contributed by atoms with van der Waals surface area (Å²) in [6, 6.07) is 0. The molecule has 2 aliphatic heterocycles. The lowest BCUT2D eigenvalue weighted by Crippen LogP contribution is -2.17. The van der Waals surface area contributed by atoms with Crippen molar-refractivity contribution >= 4 is 38.4 Å². The highest BCUT2D eigenvalue weighted by atomic mass is 19.2. The predicted molar refractivity (Wildman–Crippen MR) is 168 cm³/mol. The van der Waals surface area contributed by atoms with Gasteiger partial charge < -0.3 is 8.96 Å². The first-order valence-corrected chi connectivity index (χ1v) is 15.0. The zero-order chi connectivity index (χ0) is 30.6. The average Bonchev–Trinajstić information content (AvgIpc) is 3.60. The van der Waals surface area contributed by atoms with E-state index in [1.165, 1.54) is 0 Å². The van der Waals surface area contributed by atoms with Crippen molar-refractivity contribution < 1.29 is 17.3 Å². The molecule has 0 saturated heterocycles. The molecular formula is C32H38B2F4N4. The number of aliphatic imine (C=N–C) groups is 2. The van der Waals surface area contributed by atoms with E-state index in [0.717, 1.165) is 76.3 Å². The van der Waals surface area contributed by atoms with Gasteiger partial charge >= 0.3 is 14.8 Å². The monoisotopic (exact) mass is 576 g/mol. The molecule has 4 nitrogen and oxygen atoms in total. The van der Waals surface area contributed by atoms with Gasteiger partial charge in [-0.3, -0.25) is 27.2 Å². The van der Waals surface area contributed by atoms with E-state index in [1.807, 2.05) is 53.7 Å². The van der Waals surface area contributed by atoms with Crippen molar-refractivity contribution in [3.05, 3.63) is 78.7 Å². The second-order valence-electron chi connectivity index (χ2n) is 11.3. The molecule has 10 heteroatoms. The maximum atomic E-state index is 14.3. The highest BCUT2D eigenvalue weighted by molar-refractivity contribution is 6.42.